The van der Waals surface area contributed by atoms with Gasteiger partial charge in [-0.2, -0.15) is 8.42 Å². The zero-order chi connectivity index (χ0) is 15.6. The number of carbonyl (C=O) groups is 1. The van der Waals surface area contributed by atoms with Gasteiger partial charge in [0.2, 0.25) is 5.03 Å². The van der Waals surface area contributed by atoms with Crippen molar-refractivity contribution in [3.05, 3.63) is 53.7 Å². The fraction of sp³-hybridized carbons (Fsp3) is 0. The van der Waals surface area contributed by atoms with E-state index in [1.807, 2.05) is 0 Å². The molecule has 2 rings (SSSR count). The van der Waals surface area contributed by atoms with Gasteiger partial charge in [-0.1, -0.05) is 6.07 Å². The number of carboxylic acids is 1. The third kappa shape index (κ3) is 2.97. The molecule has 0 aliphatic heterocycles. The number of halogens is 2. The fourth-order valence-electron chi connectivity index (χ4n) is 1.56. The van der Waals surface area contributed by atoms with Gasteiger partial charge in [-0.15, -0.1) is 0 Å². The summed E-state index contributed by atoms with van der Waals surface area (Å²) >= 11 is 0. The zero-order valence-electron chi connectivity index (χ0n) is 10.2. The molecule has 0 aliphatic carbocycles. The van der Waals surface area contributed by atoms with E-state index in [2.05, 4.69) is 4.98 Å². The fourth-order valence-corrected chi connectivity index (χ4v) is 2.65. The van der Waals surface area contributed by atoms with Gasteiger partial charge in [0.15, 0.2) is 5.82 Å². The SMILES string of the molecule is O=C(O)c1cccc(F)c1NS(=O)(=O)c1ncccc1F. The molecule has 110 valence electrons. The molecule has 0 saturated heterocycles. The zero-order valence-corrected chi connectivity index (χ0v) is 11.1. The van der Waals surface area contributed by atoms with Gasteiger partial charge < -0.3 is 5.11 Å². The summed E-state index contributed by atoms with van der Waals surface area (Å²) in [5.74, 6) is -3.78. The van der Waals surface area contributed by atoms with Gasteiger partial charge in [-0.25, -0.2) is 18.6 Å². The van der Waals surface area contributed by atoms with Crippen LogP contribution in [-0.2, 0) is 10.0 Å². The van der Waals surface area contributed by atoms with Crippen molar-refractivity contribution in [3.8, 4) is 0 Å². The van der Waals surface area contributed by atoms with Crippen molar-refractivity contribution in [1.82, 2.24) is 4.98 Å². The first-order valence-electron chi connectivity index (χ1n) is 5.48. The number of aromatic carboxylic acids is 1. The number of para-hydroxylation sites is 1. The lowest BCUT2D eigenvalue weighted by Gasteiger charge is -2.11. The van der Waals surface area contributed by atoms with Crippen molar-refractivity contribution < 1.29 is 27.1 Å². The summed E-state index contributed by atoms with van der Waals surface area (Å²) in [6.45, 7) is 0. The molecule has 6 nitrogen and oxygen atoms in total. The second-order valence-corrected chi connectivity index (χ2v) is 5.46. The first-order valence-corrected chi connectivity index (χ1v) is 6.96. The average molecular weight is 314 g/mol. The lowest BCUT2D eigenvalue weighted by atomic mass is 10.2. The summed E-state index contributed by atoms with van der Waals surface area (Å²) in [5.41, 5.74) is -1.38. The van der Waals surface area contributed by atoms with Crippen LogP contribution < -0.4 is 4.72 Å². The van der Waals surface area contributed by atoms with Gasteiger partial charge in [-0.05, 0) is 24.3 Å². The molecule has 0 atom stereocenters. The number of carboxylic acid groups (broad SMARTS) is 1. The molecule has 2 aromatic rings. The summed E-state index contributed by atoms with van der Waals surface area (Å²) in [6, 6.07) is 5.04. The Hall–Kier alpha value is -2.55. The summed E-state index contributed by atoms with van der Waals surface area (Å²) in [6.07, 6.45) is 1.04. The highest BCUT2D eigenvalue weighted by atomic mass is 32.2. The average Bonchev–Trinajstić information content (AvgIpc) is 2.41. The summed E-state index contributed by atoms with van der Waals surface area (Å²) in [5, 5.41) is 7.97. The Morgan fingerprint density at radius 2 is 1.81 bits per heavy atom. The number of nitrogens with one attached hydrogen (secondary N) is 1. The Balaban J connectivity index is 2.52. The maximum Gasteiger partial charge on any atom is 0.337 e. The van der Waals surface area contributed by atoms with E-state index < -0.39 is 43.9 Å². The number of benzene rings is 1. The van der Waals surface area contributed by atoms with Gasteiger partial charge in [0.05, 0.1) is 11.3 Å². The Morgan fingerprint density at radius 3 is 2.43 bits per heavy atom. The third-order valence-electron chi connectivity index (χ3n) is 2.46. The number of nitrogens with zero attached hydrogens (tertiary/aromatic N) is 1. The van der Waals surface area contributed by atoms with E-state index in [1.165, 1.54) is 6.07 Å². The van der Waals surface area contributed by atoms with Crippen molar-refractivity contribution >= 4 is 21.7 Å². The monoisotopic (exact) mass is 314 g/mol. The van der Waals surface area contributed by atoms with Crippen LogP contribution in [0.5, 0.6) is 0 Å². The van der Waals surface area contributed by atoms with Gasteiger partial charge in [-0.3, -0.25) is 4.72 Å². The predicted molar refractivity (Wildman–Crippen MR) is 68.4 cm³/mol. The van der Waals surface area contributed by atoms with Crippen LogP contribution in [0.2, 0.25) is 0 Å². The van der Waals surface area contributed by atoms with E-state index >= 15 is 0 Å². The number of hydrogen-bond acceptors (Lipinski definition) is 4. The highest BCUT2D eigenvalue weighted by Gasteiger charge is 2.25. The number of sulfonamides is 1. The quantitative estimate of drug-likeness (QED) is 0.898. The Bertz CT molecular complexity index is 809. The summed E-state index contributed by atoms with van der Waals surface area (Å²) < 4.78 is 52.8. The molecule has 0 amide bonds. The maximum atomic E-state index is 13.7. The molecule has 9 heteroatoms. The number of hydrogen-bond donors (Lipinski definition) is 2. The third-order valence-corrected chi connectivity index (χ3v) is 3.74. The normalized spacial score (nSPS) is 11.1. The molecule has 0 radical (unpaired) electrons. The van der Waals surface area contributed by atoms with Crippen LogP contribution in [0.1, 0.15) is 10.4 Å². The minimum absolute atomic E-state index is 0.602. The van der Waals surface area contributed by atoms with Gasteiger partial charge in [0.1, 0.15) is 5.82 Å². The van der Waals surface area contributed by atoms with E-state index in [1.54, 1.807) is 4.72 Å². The van der Waals surface area contributed by atoms with Crippen LogP contribution in [0.3, 0.4) is 0 Å². The van der Waals surface area contributed by atoms with Crippen molar-refractivity contribution in [2.75, 3.05) is 4.72 Å². The largest absolute Gasteiger partial charge is 0.478 e. The molecular formula is C12H8F2N2O4S. The van der Waals surface area contributed by atoms with Crippen molar-refractivity contribution in [2.24, 2.45) is 0 Å². The molecule has 0 unspecified atom stereocenters. The van der Waals surface area contributed by atoms with Crippen molar-refractivity contribution in [1.29, 1.82) is 0 Å². The lowest BCUT2D eigenvalue weighted by Crippen LogP contribution is -2.19. The van der Waals surface area contributed by atoms with E-state index in [9.17, 15) is 22.0 Å². The Morgan fingerprint density at radius 1 is 1.14 bits per heavy atom. The molecule has 0 bridgehead atoms. The summed E-state index contributed by atoms with van der Waals surface area (Å²) in [7, 11) is -4.56. The smallest absolute Gasteiger partial charge is 0.337 e. The predicted octanol–water partition coefficient (Wildman–Crippen LogP) is 1.86. The van der Waals surface area contributed by atoms with Crippen LogP contribution in [0.15, 0.2) is 41.6 Å². The highest BCUT2D eigenvalue weighted by Crippen LogP contribution is 2.23. The first-order chi connectivity index (χ1) is 9.83. The van der Waals surface area contributed by atoms with Gasteiger partial charge >= 0.3 is 5.97 Å². The highest BCUT2D eigenvalue weighted by molar-refractivity contribution is 7.92. The molecular weight excluding hydrogens is 306 g/mol. The molecule has 21 heavy (non-hydrogen) atoms. The van der Waals surface area contributed by atoms with Gasteiger partial charge in [0.25, 0.3) is 10.0 Å². The van der Waals surface area contributed by atoms with Crippen LogP contribution >= 0.6 is 0 Å². The lowest BCUT2D eigenvalue weighted by molar-refractivity contribution is 0.0697. The Labute approximate surface area is 118 Å². The van der Waals surface area contributed by atoms with E-state index in [4.69, 9.17) is 5.11 Å². The van der Waals surface area contributed by atoms with E-state index in [0.717, 1.165) is 30.5 Å². The molecule has 0 spiro atoms. The number of aromatic nitrogens is 1. The second kappa shape index (κ2) is 5.44. The molecule has 1 heterocycles. The van der Waals surface area contributed by atoms with Crippen molar-refractivity contribution in [2.45, 2.75) is 5.03 Å². The van der Waals surface area contributed by atoms with Crippen molar-refractivity contribution in [3.63, 3.8) is 0 Å². The minimum Gasteiger partial charge on any atom is -0.478 e. The maximum absolute atomic E-state index is 13.7. The number of pyridine rings is 1. The summed E-state index contributed by atoms with van der Waals surface area (Å²) in [4.78, 5) is 14.3. The molecule has 1 aromatic carbocycles. The molecule has 0 aliphatic rings. The molecule has 0 saturated carbocycles. The van der Waals surface area contributed by atoms with Gasteiger partial charge in [0, 0.05) is 6.20 Å². The van der Waals surface area contributed by atoms with E-state index in [0.29, 0.717) is 0 Å². The Kier molecular flexibility index (Phi) is 3.85. The molecule has 0 fully saturated rings. The van der Waals surface area contributed by atoms with Crippen LogP contribution in [0.25, 0.3) is 0 Å². The number of anilines is 1. The minimum atomic E-state index is -4.56. The molecule has 1 aromatic heterocycles. The standard InChI is InChI=1S/C12H8F2N2O4S/c13-8-4-1-3-7(12(17)18)10(8)16-21(19,20)11-9(14)5-2-6-15-11/h1-6,16H,(H,17,18). The van der Waals surface area contributed by atoms with Crippen LogP contribution in [0.4, 0.5) is 14.5 Å². The van der Waals surface area contributed by atoms with Crippen LogP contribution in [-0.4, -0.2) is 24.5 Å². The number of rotatable bonds is 4. The second-order valence-electron chi connectivity index (χ2n) is 3.86. The molecule has 2 N–H and O–H groups in total. The van der Waals surface area contributed by atoms with Crippen LogP contribution in [0, 0.1) is 11.6 Å². The van der Waals surface area contributed by atoms with E-state index in [-0.39, 0.29) is 0 Å². The first kappa shape index (κ1) is 14.9. The topological polar surface area (TPSA) is 96.4 Å².